The van der Waals surface area contributed by atoms with Gasteiger partial charge in [0.1, 0.15) is 12.4 Å². The number of carbonyl (C=O) groups is 2. The Labute approximate surface area is 190 Å². The number of carbonyl (C=O) groups excluding carboxylic acids is 2. The smallest absolute Gasteiger partial charge is 0.344 e. The Morgan fingerprint density at radius 1 is 1.03 bits per heavy atom. The van der Waals surface area contributed by atoms with Crippen LogP contribution in [0.25, 0.3) is 0 Å². The molecule has 0 aliphatic carbocycles. The molecule has 2 aromatic carbocycles. The first kappa shape index (κ1) is 23.1. The molecule has 0 saturated heterocycles. The largest absolute Gasteiger partial charge is 0.495 e. The van der Waals surface area contributed by atoms with Gasteiger partial charge < -0.3 is 18.9 Å². The van der Waals surface area contributed by atoms with E-state index in [1.54, 1.807) is 23.6 Å². The molecule has 32 heavy (non-hydrogen) atoms. The molecule has 0 N–H and O–H groups in total. The summed E-state index contributed by atoms with van der Waals surface area (Å²) in [6, 6.07) is 12.6. The van der Waals surface area contributed by atoms with E-state index in [2.05, 4.69) is 4.98 Å². The summed E-state index contributed by atoms with van der Waals surface area (Å²) >= 11 is 1.27. The Morgan fingerprint density at radius 2 is 1.78 bits per heavy atom. The second-order valence-corrected chi connectivity index (χ2v) is 7.59. The summed E-state index contributed by atoms with van der Waals surface area (Å²) in [5.74, 6) is 0.792. The van der Waals surface area contributed by atoms with Crippen molar-refractivity contribution in [1.82, 2.24) is 4.98 Å². The minimum atomic E-state index is -0.546. The van der Waals surface area contributed by atoms with E-state index in [1.165, 1.54) is 37.4 Å². The number of aryl methyl sites for hydroxylation is 1. The van der Waals surface area contributed by atoms with Gasteiger partial charge in [0.25, 0.3) is 0 Å². The van der Waals surface area contributed by atoms with Gasteiger partial charge in [0.05, 0.1) is 25.6 Å². The highest BCUT2D eigenvalue weighted by molar-refractivity contribution is 7.14. The van der Waals surface area contributed by atoms with Crippen molar-refractivity contribution < 1.29 is 28.5 Å². The van der Waals surface area contributed by atoms with E-state index >= 15 is 0 Å². The van der Waals surface area contributed by atoms with E-state index in [1.807, 2.05) is 31.2 Å². The Balaban J connectivity index is 1.62. The van der Waals surface area contributed by atoms with Crippen LogP contribution in [-0.2, 0) is 20.9 Å². The predicted octanol–water partition coefficient (Wildman–Crippen LogP) is 4.28. The van der Waals surface area contributed by atoms with Crippen molar-refractivity contribution in [2.24, 2.45) is 0 Å². The number of methoxy groups -OCH3 is 2. The summed E-state index contributed by atoms with van der Waals surface area (Å²) in [4.78, 5) is 30.3. The zero-order valence-corrected chi connectivity index (χ0v) is 19.1. The van der Waals surface area contributed by atoms with Gasteiger partial charge in [0.15, 0.2) is 23.2 Å². The lowest BCUT2D eigenvalue weighted by Crippen LogP contribution is -2.23. The summed E-state index contributed by atoms with van der Waals surface area (Å²) in [5.41, 5.74) is 2.12. The topological polar surface area (TPSA) is 87.2 Å². The number of rotatable bonds is 9. The lowest BCUT2D eigenvalue weighted by atomic mass is 10.2. The number of para-hydroxylation sites is 2. The second kappa shape index (κ2) is 10.6. The Kier molecular flexibility index (Phi) is 7.67. The zero-order chi connectivity index (χ0) is 23.1. The molecule has 0 fully saturated rings. The van der Waals surface area contributed by atoms with Crippen LogP contribution in [0.15, 0.2) is 47.8 Å². The molecule has 1 amide bonds. The number of thiazole rings is 1. The normalized spacial score (nSPS) is 10.4. The third kappa shape index (κ3) is 5.55. The van der Waals surface area contributed by atoms with Crippen LogP contribution >= 0.6 is 11.3 Å². The minimum Gasteiger partial charge on any atom is -0.495 e. The fourth-order valence-corrected chi connectivity index (χ4v) is 3.78. The molecule has 0 spiro atoms. The summed E-state index contributed by atoms with van der Waals surface area (Å²) in [6.45, 7) is 3.08. The molecule has 9 heteroatoms. The van der Waals surface area contributed by atoms with Crippen molar-refractivity contribution in [3.05, 3.63) is 59.1 Å². The van der Waals surface area contributed by atoms with Crippen molar-refractivity contribution >= 4 is 34.0 Å². The number of hydrogen-bond donors (Lipinski definition) is 0. The van der Waals surface area contributed by atoms with Crippen LogP contribution in [-0.4, -0.2) is 37.7 Å². The molecule has 0 saturated carbocycles. The van der Waals surface area contributed by atoms with E-state index in [4.69, 9.17) is 18.9 Å². The number of esters is 1. The van der Waals surface area contributed by atoms with Crippen molar-refractivity contribution in [3.63, 3.8) is 0 Å². The fourth-order valence-electron chi connectivity index (χ4n) is 2.91. The van der Waals surface area contributed by atoms with Gasteiger partial charge >= 0.3 is 5.97 Å². The number of hydrogen-bond acceptors (Lipinski definition) is 8. The lowest BCUT2D eigenvalue weighted by Gasteiger charge is -2.20. The van der Waals surface area contributed by atoms with Crippen molar-refractivity contribution in [2.45, 2.75) is 20.5 Å². The van der Waals surface area contributed by atoms with Crippen molar-refractivity contribution in [2.75, 3.05) is 25.7 Å². The van der Waals surface area contributed by atoms with Crippen LogP contribution in [0.4, 0.5) is 10.8 Å². The molecule has 3 rings (SSSR count). The maximum Gasteiger partial charge on any atom is 0.344 e. The summed E-state index contributed by atoms with van der Waals surface area (Å²) < 4.78 is 21.4. The molecular weight excluding hydrogens is 432 g/mol. The van der Waals surface area contributed by atoms with Gasteiger partial charge in [-0.2, -0.15) is 0 Å². The molecule has 168 valence electrons. The Hall–Kier alpha value is -3.59. The average Bonchev–Trinajstić information content (AvgIpc) is 3.25. The van der Waals surface area contributed by atoms with E-state index < -0.39 is 5.97 Å². The molecule has 8 nitrogen and oxygen atoms in total. The van der Waals surface area contributed by atoms with Gasteiger partial charge in [-0.05, 0) is 36.8 Å². The summed E-state index contributed by atoms with van der Waals surface area (Å²) in [6.07, 6.45) is 0. The third-order valence-corrected chi connectivity index (χ3v) is 5.29. The van der Waals surface area contributed by atoms with Crippen LogP contribution in [0.2, 0.25) is 0 Å². The highest BCUT2D eigenvalue weighted by atomic mass is 32.1. The number of anilines is 2. The molecule has 0 aliphatic rings. The molecule has 0 atom stereocenters. The highest BCUT2D eigenvalue weighted by Gasteiger charge is 2.21. The van der Waals surface area contributed by atoms with Gasteiger partial charge in [-0.25, -0.2) is 9.78 Å². The first-order chi connectivity index (χ1) is 15.4. The van der Waals surface area contributed by atoms with Crippen LogP contribution in [0, 0.1) is 6.92 Å². The molecular formula is C23H24N2O6S. The second-order valence-electron chi connectivity index (χ2n) is 6.75. The van der Waals surface area contributed by atoms with Crippen LogP contribution in [0.5, 0.6) is 17.2 Å². The quantitative estimate of drug-likeness (QED) is 0.444. The number of aromatic nitrogens is 1. The molecule has 0 unspecified atom stereocenters. The number of amides is 1. The van der Waals surface area contributed by atoms with E-state index in [0.717, 1.165) is 5.56 Å². The van der Waals surface area contributed by atoms with Crippen molar-refractivity contribution in [3.8, 4) is 17.2 Å². The van der Waals surface area contributed by atoms with Crippen LogP contribution < -0.4 is 19.1 Å². The van der Waals surface area contributed by atoms with Crippen LogP contribution in [0.3, 0.4) is 0 Å². The van der Waals surface area contributed by atoms with Gasteiger partial charge in [-0.3, -0.25) is 9.69 Å². The Morgan fingerprint density at radius 3 is 2.50 bits per heavy atom. The van der Waals surface area contributed by atoms with Crippen molar-refractivity contribution in [1.29, 1.82) is 0 Å². The van der Waals surface area contributed by atoms with Gasteiger partial charge in [-0.1, -0.05) is 18.2 Å². The minimum absolute atomic E-state index is 0.0403. The summed E-state index contributed by atoms with van der Waals surface area (Å²) in [5, 5.41) is 2.19. The molecule has 1 heterocycles. The SMILES string of the molecule is COc1cc(C)ccc1OCC(=O)OCc1csc(N(C(C)=O)c2ccccc2OC)n1. The third-order valence-electron chi connectivity index (χ3n) is 4.42. The van der Waals surface area contributed by atoms with Crippen LogP contribution in [0.1, 0.15) is 18.2 Å². The standard InChI is InChI=1S/C23H24N2O6S/c1-15-9-10-20(21(11-15)29-4)30-13-22(27)31-12-17-14-32-23(24-17)25(16(2)26)18-7-5-6-8-19(18)28-3/h5-11,14H,12-13H2,1-4H3. The Bertz CT molecular complexity index is 1100. The number of ether oxygens (including phenoxy) is 4. The highest BCUT2D eigenvalue weighted by Crippen LogP contribution is 2.35. The zero-order valence-electron chi connectivity index (χ0n) is 18.3. The van der Waals surface area contributed by atoms with Gasteiger partial charge in [0.2, 0.25) is 5.91 Å². The predicted molar refractivity (Wildman–Crippen MR) is 121 cm³/mol. The number of nitrogens with zero attached hydrogens (tertiary/aromatic N) is 2. The summed E-state index contributed by atoms with van der Waals surface area (Å²) in [7, 11) is 3.08. The molecule has 1 aromatic heterocycles. The molecule has 0 bridgehead atoms. The first-order valence-corrected chi connectivity index (χ1v) is 10.6. The monoisotopic (exact) mass is 456 g/mol. The average molecular weight is 457 g/mol. The maximum atomic E-state index is 12.3. The van der Waals surface area contributed by atoms with E-state index in [-0.39, 0.29) is 19.1 Å². The molecule has 0 radical (unpaired) electrons. The molecule has 3 aromatic rings. The number of benzene rings is 2. The lowest BCUT2D eigenvalue weighted by molar-refractivity contribution is -0.147. The fraction of sp³-hybridized carbons (Fsp3) is 0.261. The van der Waals surface area contributed by atoms with Gasteiger partial charge in [-0.15, -0.1) is 11.3 Å². The molecule has 0 aliphatic heterocycles. The van der Waals surface area contributed by atoms with E-state index in [9.17, 15) is 9.59 Å². The van der Waals surface area contributed by atoms with E-state index in [0.29, 0.717) is 33.8 Å². The van der Waals surface area contributed by atoms with Gasteiger partial charge in [0, 0.05) is 12.3 Å². The maximum absolute atomic E-state index is 12.3. The first-order valence-electron chi connectivity index (χ1n) is 9.74.